The summed E-state index contributed by atoms with van der Waals surface area (Å²) in [6, 6.07) is 7.46. The molecule has 2 amide bonds. The third-order valence-electron chi connectivity index (χ3n) is 5.03. The number of methoxy groups -OCH3 is 1. The fraction of sp³-hybridized carbons (Fsp3) is 0.524. The largest absolute Gasteiger partial charge is 0.497 e. The first kappa shape index (κ1) is 20.8. The molecule has 1 aliphatic heterocycles. The number of amides is 2. The molecule has 1 fully saturated rings. The van der Waals surface area contributed by atoms with Gasteiger partial charge in [0, 0.05) is 24.1 Å². The van der Waals surface area contributed by atoms with Gasteiger partial charge in [-0.25, -0.2) is 4.98 Å². The molecule has 8 heteroatoms. The number of piperidine rings is 1. The number of rotatable bonds is 5. The van der Waals surface area contributed by atoms with Crippen LogP contribution in [0.3, 0.4) is 0 Å². The first-order valence-corrected chi connectivity index (χ1v) is 9.90. The Hall–Kier alpha value is -2.90. The molecule has 156 valence electrons. The van der Waals surface area contributed by atoms with Crippen LogP contribution in [0.1, 0.15) is 39.4 Å². The maximum atomic E-state index is 12.6. The van der Waals surface area contributed by atoms with Crippen LogP contribution in [0.5, 0.6) is 5.75 Å². The van der Waals surface area contributed by atoms with Crippen LogP contribution in [0.25, 0.3) is 11.4 Å². The highest BCUT2D eigenvalue weighted by Crippen LogP contribution is 2.24. The van der Waals surface area contributed by atoms with Gasteiger partial charge in [0.15, 0.2) is 5.82 Å². The summed E-state index contributed by atoms with van der Waals surface area (Å²) >= 11 is 0. The highest BCUT2D eigenvalue weighted by Gasteiger charge is 2.33. The highest BCUT2D eigenvalue weighted by molar-refractivity contribution is 5.83. The minimum absolute atomic E-state index is 0.0567. The van der Waals surface area contributed by atoms with Gasteiger partial charge in [0.2, 0.25) is 11.8 Å². The quantitative estimate of drug-likeness (QED) is 0.804. The summed E-state index contributed by atoms with van der Waals surface area (Å²) in [5.41, 5.74) is 0.430. The molecule has 1 unspecified atom stereocenters. The Balaban J connectivity index is 1.55. The van der Waals surface area contributed by atoms with Crippen LogP contribution in [0.15, 0.2) is 24.3 Å². The number of H-pyrrole nitrogens is 1. The van der Waals surface area contributed by atoms with Gasteiger partial charge >= 0.3 is 0 Å². The molecule has 2 heterocycles. The van der Waals surface area contributed by atoms with Crippen molar-refractivity contribution in [2.24, 2.45) is 11.3 Å². The van der Waals surface area contributed by atoms with Crippen molar-refractivity contribution in [3.05, 3.63) is 30.1 Å². The molecule has 2 N–H and O–H groups in total. The molecule has 1 atom stereocenters. The van der Waals surface area contributed by atoms with Crippen LogP contribution >= 0.6 is 0 Å². The Labute approximate surface area is 171 Å². The second kappa shape index (κ2) is 8.63. The highest BCUT2D eigenvalue weighted by atomic mass is 16.5. The molecule has 1 saturated heterocycles. The van der Waals surface area contributed by atoms with Crippen LogP contribution < -0.4 is 10.1 Å². The third kappa shape index (κ3) is 5.13. The average molecular weight is 399 g/mol. The van der Waals surface area contributed by atoms with Crippen LogP contribution in [0.2, 0.25) is 0 Å². The fourth-order valence-electron chi connectivity index (χ4n) is 3.41. The third-order valence-corrected chi connectivity index (χ3v) is 5.03. The van der Waals surface area contributed by atoms with Gasteiger partial charge in [-0.2, -0.15) is 5.10 Å². The molecule has 1 aromatic carbocycles. The lowest BCUT2D eigenvalue weighted by Gasteiger charge is -2.35. The Bertz CT molecular complexity index is 854. The minimum atomic E-state index is -0.434. The predicted molar refractivity (Wildman–Crippen MR) is 109 cm³/mol. The van der Waals surface area contributed by atoms with Gasteiger partial charge in [0.25, 0.3) is 0 Å². The molecule has 0 saturated carbocycles. The number of aromatic nitrogens is 3. The van der Waals surface area contributed by atoms with Crippen LogP contribution in [0, 0.1) is 11.3 Å². The van der Waals surface area contributed by atoms with E-state index in [9.17, 15) is 9.59 Å². The molecular weight excluding hydrogens is 370 g/mol. The van der Waals surface area contributed by atoms with Gasteiger partial charge in [-0.1, -0.05) is 20.8 Å². The van der Waals surface area contributed by atoms with Gasteiger partial charge in [-0.3, -0.25) is 14.7 Å². The van der Waals surface area contributed by atoms with Crippen molar-refractivity contribution in [2.45, 2.75) is 40.2 Å². The molecule has 2 aromatic rings. The van der Waals surface area contributed by atoms with Crippen LogP contribution in [-0.4, -0.2) is 52.1 Å². The normalized spacial score (nSPS) is 17.1. The minimum Gasteiger partial charge on any atom is -0.497 e. The summed E-state index contributed by atoms with van der Waals surface area (Å²) in [6.45, 7) is 7.17. The summed E-state index contributed by atoms with van der Waals surface area (Å²) in [4.78, 5) is 31.4. The number of hydrogen-bond donors (Lipinski definition) is 2. The van der Waals surface area contributed by atoms with Gasteiger partial charge in [0.05, 0.1) is 19.6 Å². The number of carbonyl (C=O) groups is 2. The molecule has 8 nitrogen and oxygen atoms in total. The Morgan fingerprint density at radius 2 is 2.00 bits per heavy atom. The van der Waals surface area contributed by atoms with E-state index in [2.05, 4.69) is 20.5 Å². The van der Waals surface area contributed by atoms with E-state index < -0.39 is 5.41 Å². The van der Waals surface area contributed by atoms with Crippen molar-refractivity contribution in [1.29, 1.82) is 0 Å². The number of carbonyl (C=O) groups excluding carboxylic acids is 2. The average Bonchev–Trinajstić information content (AvgIpc) is 3.20. The SMILES string of the molecule is COc1ccc(-c2n[nH]c(CNC(=O)C3CCCN(C(=O)C(C)(C)C)C3)n2)cc1. The number of benzene rings is 1. The Morgan fingerprint density at radius 1 is 1.28 bits per heavy atom. The number of nitrogens with zero attached hydrogens (tertiary/aromatic N) is 3. The van der Waals surface area contributed by atoms with E-state index in [1.54, 1.807) is 7.11 Å². The summed E-state index contributed by atoms with van der Waals surface area (Å²) in [6.07, 6.45) is 1.62. The van der Waals surface area contributed by atoms with Gasteiger partial charge < -0.3 is 15.0 Å². The van der Waals surface area contributed by atoms with E-state index in [1.165, 1.54) is 0 Å². The molecule has 0 bridgehead atoms. The smallest absolute Gasteiger partial charge is 0.227 e. The maximum absolute atomic E-state index is 12.6. The zero-order valence-electron chi connectivity index (χ0n) is 17.5. The van der Waals surface area contributed by atoms with E-state index in [0.29, 0.717) is 24.7 Å². The second-order valence-electron chi connectivity index (χ2n) is 8.39. The predicted octanol–water partition coefficient (Wildman–Crippen LogP) is 2.38. The van der Waals surface area contributed by atoms with Crippen LogP contribution in [0.4, 0.5) is 0 Å². The summed E-state index contributed by atoms with van der Waals surface area (Å²) in [5, 5.41) is 10.00. The lowest BCUT2D eigenvalue weighted by Crippen LogP contribution is -2.48. The van der Waals surface area contributed by atoms with E-state index in [4.69, 9.17) is 4.74 Å². The molecule has 3 rings (SSSR count). The molecule has 29 heavy (non-hydrogen) atoms. The molecule has 1 aliphatic rings. The van der Waals surface area contributed by atoms with E-state index in [-0.39, 0.29) is 24.3 Å². The molecule has 1 aromatic heterocycles. The lowest BCUT2D eigenvalue weighted by atomic mass is 9.91. The zero-order chi connectivity index (χ0) is 21.0. The molecular formula is C21H29N5O3. The number of nitrogens with one attached hydrogen (secondary N) is 2. The van der Waals surface area contributed by atoms with Gasteiger partial charge in [0.1, 0.15) is 11.6 Å². The maximum Gasteiger partial charge on any atom is 0.227 e. The fourth-order valence-corrected chi connectivity index (χ4v) is 3.41. The first-order valence-electron chi connectivity index (χ1n) is 9.90. The van der Waals surface area contributed by atoms with Crippen LogP contribution in [-0.2, 0) is 16.1 Å². The first-order chi connectivity index (χ1) is 13.8. The number of hydrogen-bond acceptors (Lipinski definition) is 5. The van der Waals surface area contributed by atoms with Gasteiger partial charge in [-0.05, 0) is 37.1 Å². The van der Waals surface area contributed by atoms with Crippen molar-refractivity contribution in [2.75, 3.05) is 20.2 Å². The van der Waals surface area contributed by atoms with E-state index >= 15 is 0 Å². The summed E-state index contributed by atoms with van der Waals surface area (Å²) < 4.78 is 5.15. The molecule has 0 radical (unpaired) electrons. The van der Waals surface area contributed by atoms with Crippen molar-refractivity contribution in [3.8, 4) is 17.1 Å². The van der Waals surface area contributed by atoms with Crippen molar-refractivity contribution < 1.29 is 14.3 Å². The number of likely N-dealkylation sites (tertiary alicyclic amines) is 1. The summed E-state index contributed by atoms with van der Waals surface area (Å²) in [7, 11) is 1.62. The topological polar surface area (TPSA) is 100 Å². The number of ether oxygens (including phenoxy) is 1. The lowest BCUT2D eigenvalue weighted by molar-refractivity contribution is -0.142. The standard InChI is InChI=1S/C21H29N5O3/c1-21(2,3)20(28)26-11-5-6-15(13-26)19(27)22-12-17-23-18(25-24-17)14-7-9-16(29-4)10-8-14/h7-10,15H,5-6,11-13H2,1-4H3,(H,22,27)(H,23,24,25). The molecule has 0 aliphatic carbocycles. The molecule has 0 spiro atoms. The monoisotopic (exact) mass is 399 g/mol. The second-order valence-corrected chi connectivity index (χ2v) is 8.39. The van der Waals surface area contributed by atoms with Gasteiger partial charge in [-0.15, -0.1) is 0 Å². The van der Waals surface area contributed by atoms with Crippen molar-refractivity contribution in [3.63, 3.8) is 0 Å². The Morgan fingerprint density at radius 3 is 2.66 bits per heavy atom. The van der Waals surface area contributed by atoms with E-state index in [0.717, 1.165) is 24.2 Å². The Kier molecular flexibility index (Phi) is 6.20. The van der Waals surface area contributed by atoms with Crippen molar-refractivity contribution in [1.82, 2.24) is 25.4 Å². The van der Waals surface area contributed by atoms with Crippen molar-refractivity contribution >= 4 is 11.8 Å². The summed E-state index contributed by atoms with van der Waals surface area (Å²) in [5.74, 6) is 1.76. The zero-order valence-corrected chi connectivity index (χ0v) is 17.5. The number of aromatic amines is 1. The van der Waals surface area contributed by atoms with E-state index in [1.807, 2.05) is 49.9 Å².